The zero-order chi connectivity index (χ0) is 16.2. The van der Waals surface area contributed by atoms with E-state index in [4.69, 9.17) is 16.3 Å². The van der Waals surface area contributed by atoms with Gasteiger partial charge in [0.15, 0.2) is 0 Å². The van der Waals surface area contributed by atoms with Crippen molar-refractivity contribution < 1.29 is 9.53 Å². The molecule has 0 bridgehead atoms. The number of esters is 1. The molecule has 2 aromatic rings. The Morgan fingerprint density at radius 2 is 1.87 bits per heavy atom. The summed E-state index contributed by atoms with van der Waals surface area (Å²) in [5.41, 5.74) is 2.92. The molecule has 0 aromatic heterocycles. The predicted octanol–water partition coefficient (Wildman–Crippen LogP) is 5.14. The van der Waals surface area contributed by atoms with Crippen molar-refractivity contribution in [3.63, 3.8) is 0 Å². The van der Waals surface area contributed by atoms with E-state index >= 15 is 0 Å². The summed E-state index contributed by atoms with van der Waals surface area (Å²) in [6.45, 7) is 2.21. The lowest BCUT2D eigenvalue weighted by Gasteiger charge is -2.14. The maximum Gasteiger partial charge on any atom is 0.335 e. The molecule has 4 heteroatoms. The highest BCUT2D eigenvalue weighted by molar-refractivity contribution is 8.08. The van der Waals surface area contributed by atoms with E-state index in [0.29, 0.717) is 11.6 Å². The zero-order valence-electron chi connectivity index (χ0n) is 12.8. The molecule has 0 saturated carbocycles. The summed E-state index contributed by atoms with van der Waals surface area (Å²) in [6.07, 6.45) is 0. The Kier molecular flexibility index (Phi) is 5.09. The van der Waals surface area contributed by atoms with Crippen molar-refractivity contribution in [2.45, 2.75) is 12.8 Å². The van der Waals surface area contributed by atoms with Crippen molar-refractivity contribution in [3.05, 3.63) is 76.3 Å². The second-order valence-electron chi connectivity index (χ2n) is 5.24. The molecule has 0 amide bonds. The number of thioether (sulfide) groups is 1. The lowest BCUT2D eigenvalue weighted by Crippen LogP contribution is -2.14. The molecule has 0 aliphatic carbocycles. The van der Waals surface area contributed by atoms with Crippen LogP contribution in [0.1, 0.15) is 24.0 Å². The van der Waals surface area contributed by atoms with Crippen molar-refractivity contribution in [3.8, 4) is 0 Å². The minimum Gasteiger partial charge on any atom is -0.463 e. The van der Waals surface area contributed by atoms with E-state index in [2.05, 4.69) is 0 Å². The maximum absolute atomic E-state index is 12.6. The second-order valence-corrected chi connectivity index (χ2v) is 6.71. The Morgan fingerprint density at radius 1 is 1.17 bits per heavy atom. The molecule has 118 valence electrons. The number of halogens is 1. The molecular weight excluding hydrogens is 328 g/mol. The van der Waals surface area contributed by atoms with Crippen molar-refractivity contribution in [2.75, 3.05) is 12.4 Å². The number of rotatable bonds is 4. The quantitative estimate of drug-likeness (QED) is 0.718. The molecule has 0 spiro atoms. The molecule has 0 radical (unpaired) electrons. The summed E-state index contributed by atoms with van der Waals surface area (Å²) in [5, 5.41) is 0.698. The average Bonchev–Trinajstić information content (AvgIpc) is 3.01. The molecule has 0 saturated heterocycles. The first-order chi connectivity index (χ1) is 11.2. The van der Waals surface area contributed by atoms with Gasteiger partial charge in [-0.3, -0.25) is 0 Å². The van der Waals surface area contributed by atoms with Crippen LogP contribution in [0, 0.1) is 0 Å². The van der Waals surface area contributed by atoms with Gasteiger partial charge in [0, 0.05) is 21.6 Å². The third kappa shape index (κ3) is 3.46. The molecule has 0 fully saturated rings. The van der Waals surface area contributed by atoms with Crippen LogP contribution in [0.3, 0.4) is 0 Å². The summed E-state index contributed by atoms with van der Waals surface area (Å²) in [4.78, 5) is 13.6. The van der Waals surface area contributed by atoms with Crippen molar-refractivity contribution in [1.82, 2.24) is 0 Å². The van der Waals surface area contributed by atoms with Gasteiger partial charge in [0.05, 0.1) is 12.2 Å². The van der Waals surface area contributed by atoms with Gasteiger partial charge < -0.3 is 4.74 Å². The van der Waals surface area contributed by atoms with Crippen molar-refractivity contribution in [2.24, 2.45) is 0 Å². The highest BCUT2D eigenvalue weighted by Gasteiger charge is 2.33. The van der Waals surface area contributed by atoms with E-state index in [-0.39, 0.29) is 11.9 Å². The fraction of sp³-hybridized carbons (Fsp3) is 0.211. The van der Waals surface area contributed by atoms with Gasteiger partial charge in [-0.2, -0.15) is 0 Å². The molecule has 1 aliphatic rings. The van der Waals surface area contributed by atoms with Crippen LogP contribution in [0.15, 0.2) is 60.2 Å². The highest BCUT2D eigenvalue weighted by atomic mass is 35.5. The summed E-state index contributed by atoms with van der Waals surface area (Å²) < 4.78 is 5.32. The predicted molar refractivity (Wildman–Crippen MR) is 96.6 cm³/mol. The van der Waals surface area contributed by atoms with Gasteiger partial charge in [-0.15, -0.1) is 11.8 Å². The highest BCUT2D eigenvalue weighted by Crippen LogP contribution is 2.47. The monoisotopic (exact) mass is 344 g/mol. The van der Waals surface area contributed by atoms with Gasteiger partial charge in [-0.1, -0.05) is 54.1 Å². The largest absolute Gasteiger partial charge is 0.463 e. The third-order valence-corrected chi connectivity index (χ3v) is 5.29. The summed E-state index contributed by atoms with van der Waals surface area (Å²) in [7, 11) is 0. The van der Waals surface area contributed by atoms with Gasteiger partial charge in [-0.25, -0.2) is 4.79 Å². The second kappa shape index (κ2) is 7.24. The van der Waals surface area contributed by atoms with Gasteiger partial charge in [-0.05, 0) is 30.2 Å². The van der Waals surface area contributed by atoms with Crippen LogP contribution in [-0.4, -0.2) is 18.3 Å². The Bertz CT molecular complexity index is 723. The molecule has 1 atom stereocenters. The van der Waals surface area contributed by atoms with Crippen LogP contribution in [0.25, 0.3) is 4.91 Å². The smallest absolute Gasteiger partial charge is 0.335 e. The van der Waals surface area contributed by atoms with Crippen molar-refractivity contribution >= 4 is 34.2 Å². The standard InChI is InChI=1S/C19H17ClO2S/c1-2-22-19(21)17-16(13-8-10-15(20)11-9-13)12-23-18(17)14-6-4-3-5-7-14/h3-11,16H,2,12H2,1H3. The lowest BCUT2D eigenvalue weighted by molar-refractivity contribution is -0.138. The molecule has 3 rings (SSSR count). The Balaban J connectivity index is 2.05. The topological polar surface area (TPSA) is 26.3 Å². The number of ether oxygens (including phenoxy) is 1. The first-order valence-electron chi connectivity index (χ1n) is 7.55. The van der Waals surface area contributed by atoms with E-state index in [0.717, 1.165) is 27.4 Å². The van der Waals surface area contributed by atoms with Crippen LogP contribution in [0.4, 0.5) is 0 Å². The molecule has 23 heavy (non-hydrogen) atoms. The first kappa shape index (κ1) is 16.2. The fourth-order valence-electron chi connectivity index (χ4n) is 2.72. The van der Waals surface area contributed by atoms with E-state index in [1.54, 1.807) is 11.8 Å². The first-order valence-corrected chi connectivity index (χ1v) is 8.92. The Morgan fingerprint density at radius 3 is 2.52 bits per heavy atom. The third-order valence-electron chi connectivity index (χ3n) is 3.79. The number of benzene rings is 2. The average molecular weight is 345 g/mol. The van der Waals surface area contributed by atoms with Crippen molar-refractivity contribution in [1.29, 1.82) is 0 Å². The van der Waals surface area contributed by atoms with E-state index in [1.165, 1.54) is 0 Å². The lowest BCUT2D eigenvalue weighted by atomic mass is 9.91. The van der Waals surface area contributed by atoms with Gasteiger partial charge in [0.1, 0.15) is 0 Å². The summed E-state index contributed by atoms with van der Waals surface area (Å²) >= 11 is 7.69. The Hall–Kier alpha value is -1.71. The van der Waals surface area contributed by atoms with E-state index in [9.17, 15) is 4.79 Å². The van der Waals surface area contributed by atoms with E-state index in [1.807, 2.05) is 61.5 Å². The maximum atomic E-state index is 12.6. The zero-order valence-corrected chi connectivity index (χ0v) is 14.4. The minimum atomic E-state index is -0.226. The number of hydrogen-bond acceptors (Lipinski definition) is 3. The molecular formula is C19H17ClO2S. The Labute approximate surface area is 145 Å². The molecule has 2 nitrogen and oxygen atoms in total. The van der Waals surface area contributed by atoms with Crippen LogP contribution >= 0.6 is 23.4 Å². The molecule has 1 aliphatic heterocycles. The van der Waals surface area contributed by atoms with Crippen LogP contribution < -0.4 is 0 Å². The number of hydrogen-bond donors (Lipinski definition) is 0. The molecule has 0 N–H and O–H groups in total. The van der Waals surface area contributed by atoms with Crippen LogP contribution in [0.2, 0.25) is 5.02 Å². The summed E-state index contributed by atoms with van der Waals surface area (Å²) in [5.74, 6) is 0.642. The molecule has 2 aromatic carbocycles. The van der Waals surface area contributed by atoms with Gasteiger partial charge in [0.25, 0.3) is 0 Å². The normalized spacial score (nSPS) is 17.4. The summed E-state index contributed by atoms with van der Waals surface area (Å²) in [6, 6.07) is 17.7. The van der Waals surface area contributed by atoms with Crippen LogP contribution in [-0.2, 0) is 9.53 Å². The number of carbonyl (C=O) groups is 1. The fourth-order valence-corrected chi connectivity index (χ4v) is 4.22. The molecule has 1 heterocycles. The number of carbonyl (C=O) groups excluding carboxylic acids is 1. The van der Waals surface area contributed by atoms with E-state index < -0.39 is 0 Å². The molecule has 1 unspecified atom stereocenters. The van der Waals surface area contributed by atoms with Crippen LogP contribution in [0.5, 0.6) is 0 Å². The minimum absolute atomic E-state index is 0.0338. The van der Waals surface area contributed by atoms with Gasteiger partial charge in [0.2, 0.25) is 0 Å². The van der Waals surface area contributed by atoms with Gasteiger partial charge >= 0.3 is 5.97 Å². The SMILES string of the molecule is CCOC(=O)C1=C(c2ccccc2)SCC1c1ccc(Cl)cc1.